The predicted molar refractivity (Wildman–Crippen MR) is 68.4 cm³/mol. The number of nitrogens with one attached hydrogen (secondary N) is 2. The summed E-state index contributed by atoms with van der Waals surface area (Å²) in [5.41, 5.74) is -2.37. The van der Waals surface area contributed by atoms with Gasteiger partial charge in [0.15, 0.2) is 5.62 Å². The van der Waals surface area contributed by atoms with Crippen LogP contribution in [0.3, 0.4) is 0 Å². The second kappa shape index (κ2) is 6.13. The van der Waals surface area contributed by atoms with Gasteiger partial charge in [0.1, 0.15) is 11.2 Å². The maximum atomic E-state index is 11.3. The highest BCUT2D eigenvalue weighted by Gasteiger charge is 2.21. The number of carbonyl (C=O) groups excluding carboxylic acids is 2. The lowest BCUT2D eigenvalue weighted by Crippen LogP contribution is -2.47. The van der Waals surface area contributed by atoms with E-state index in [0.717, 1.165) is 0 Å². The summed E-state index contributed by atoms with van der Waals surface area (Å²) >= 11 is 5.70. The van der Waals surface area contributed by atoms with E-state index in [2.05, 4.69) is 10.6 Å². The molecule has 0 bridgehead atoms. The van der Waals surface area contributed by atoms with E-state index in [1.165, 1.54) is 0 Å². The first kappa shape index (κ1) is 16.8. The van der Waals surface area contributed by atoms with Crippen LogP contribution in [0.15, 0.2) is 0 Å². The quantitative estimate of drug-likeness (QED) is 0.463. The van der Waals surface area contributed by atoms with E-state index in [4.69, 9.17) is 21.1 Å². The molecule has 0 aliphatic carbocycles. The summed E-state index contributed by atoms with van der Waals surface area (Å²) in [6.45, 7) is 10.3. The molecule has 0 aromatic carbocycles. The number of carbonyl (C=O) groups is 2. The van der Waals surface area contributed by atoms with Gasteiger partial charge in [-0.25, -0.2) is 9.59 Å². The van der Waals surface area contributed by atoms with Crippen LogP contribution in [0.1, 0.15) is 41.5 Å². The molecule has 6 nitrogen and oxygen atoms in total. The summed E-state index contributed by atoms with van der Waals surface area (Å²) in [7, 11) is 0. The minimum Gasteiger partial charge on any atom is -0.444 e. The molecule has 0 aromatic heterocycles. The van der Waals surface area contributed by atoms with Crippen LogP contribution in [-0.4, -0.2) is 29.0 Å². The first-order valence-corrected chi connectivity index (χ1v) is 5.96. The molecule has 0 fully saturated rings. The minimum absolute atomic E-state index is 0.632. The maximum Gasteiger partial charge on any atom is 0.410 e. The summed E-state index contributed by atoms with van der Waals surface area (Å²) in [6.07, 6.45) is -1.45. The minimum atomic E-state index is -1.10. The third kappa shape index (κ3) is 10.0. The Balaban J connectivity index is 4.08. The highest BCUT2D eigenvalue weighted by molar-refractivity contribution is 6.21. The number of halogens is 1. The molecule has 0 heterocycles. The monoisotopic (exact) mass is 280 g/mol. The first-order chi connectivity index (χ1) is 7.89. The van der Waals surface area contributed by atoms with E-state index < -0.39 is 29.0 Å². The van der Waals surface area contributed by atoms with Gasteiger partial charge in [-0.3, -0.25) is 10.6 Å². The molecule has 0 saturated heterocycles. The zero-order valence-electron chi connectivity index (χ0n) is 11.6. The summed E-state index contributed by atoms with van der Waals surface area (Å²) in [5, 5.41) is 4.49. The molecule has 0 saturated carbocycles. The second-order valence-corrected chi connectivity index (χ2v) is 6.09. The van der Waals surface area contributed by atoms with Gasteiger partial charge in [-0.15, -0.1) is 0 Å². The third-order valence-electron chi connectivity index (χ3n) is 1.29. The fourth-order valence-electron chi connectivity index (χ4n) is 0.858. The average Bonchev–Trinajstić information content (AvgIpc) is 1.92. The second-order valence-electron chi connectivity index (χ2n) is 5.66. The number of alkyl carbamates (subject to hydrolysis) is 2. The number of ether oxygens (including phenoxy) is 2. The number of alkyl halides is 1. The van der Waals surface area contributed by atoms with Crippen molar-refractivity contribution in [2.45, 2.75) is 58.4 Å². The Bertz CT molecular complexity index is 277. The fraction of sp³-hybridized carbons (Fsp3) is 0.818. The van der Waals surface area contributed by atoms with Gasteiger partial charge in [0.25, 0.3) is 0 Å². The van der Waals surface area contributed by atoms with Gasteiger partial charge in [-0.1, -0.05) is 11.6 Å². The van der Waals surface area contributed by atoms with Crippen molar-refractivity contribution in [3.63, 3.8) is 0 Å². The molecule has 106 valence electrons. The summed E-state index contributed by atoms with van der Waals surface area (Å²) in [5.74, 6) is 0. The lowest BCUT2D eigenvalue weighted by atomic mass is 10.2. The van der Waals surface area contributed by atoms with Gasteiger partial charge in [0.2, 0.25) is 0 Å². The van der Waals surface area contributed by atoms with Gasteiger partial charge in [-0.2, -0.15) is 0 Å². The van der Waals surface area contributed by atoms with E-state index >= 15 is 0 Å². The van der Waals surface area contributed by atoms with Crippen LogP contribution in [-0.2, 0) is 9.47 Å². The van der Waals surface area contributed by atoms with E-state index in [1.54, 1.807) is 41.5 Å². The Hall–Kier alpha value is -1.17. The Morgan fingerprint density at radius 1 is 0.889 bits per heavy atom. The van der Waals surface area contributed by atoms with Crippen LogP contribution in [0.2, 0.25) is 0 Å². The lowest BCUT2D eigenvalue weighted by Gasteiger charge is -2.23. The molecule has 0 unspecified atom stereocenters. The molecular weight excluding hydrogens is 260 g/mol. The number of amides is 2. The SMILES string of the molecule is CC(C)(C)OC(=O)NC(Cl)NC(=O)OC(C)(C)C. The van der Waals surface area contributed by atoms with Crippen LogP contribution < -0.4 is 10.6 Å². The average molecular weight is 281 g/mol. The van der Waals surface area contributed by atoms with Gasteiger partial charge < -0.3 is 9.47 Å². The van der Waals surface area contributed by atoms with Crippen molar-refractivity contribution in [3.05, 3.63) is 0 Å². The normalized spacial score (nSPS) is 12.0. The van der Waals surface area contributed by atoms with Gasteiger partial charge in [0.05, 0.1) is 0 Å². The van der Waals surface area contributed by atoms with E-state index in [-0.39, 0.29) is 0 Å². The molecule has 0 rings (SSSR count). The van der Waals surface area contributed by atoms with Crippen molar-refractivity contribution in [2.24, 2.45) is 0 Å². The van der Waals surface area contributed by atoms with Crippen molar-refractivity contribution in [1.29, 1.82) is 0 Å². The number of rotatable bonds is 2. The van der Waals surface area contributed by atoms with E-state index in [9.17, 15) is 9.59 Å². The molecule has 0 aliphatic rings. The Morgan fingerprint density at radius 2 is 1.17 bits per heavy atom. The number of hydrogen-bond acceptors (Lipinski definition) is 4. The molecule has 2 N–H and O–H groups in total. The van der Waals surface area contributed by atoms with Gasteiger partial charge >= 0.3 is 12.2 Å². The Morgan fingerprint density at radius 3 is 1.39 bits per heavy atom. The third-order valence-corrected chi connectivity index (χ3v) is 1.51. The Kier molecular flexibility index (Phi) is 5.73. The predicted octanol–water partition coefficient (Wildman–Crippen LogP) is 2.56. The topological polar surface area (TPSA) is 76.7 Å². The highest BCUT2D eigenvalue weighted by atomic mass is 35.5. The molecule has 7 heteroatoms. The summed E-state index contributed by atoms with van der Waals surface area (Å²) in [4.78, 5) is 22.7. The van der Waals surface area contributed by atoms with Crippen LogP contribution in [0.25, 0.3) is 0 Å². The van der Waals surface area contributed by atoms with Crippen molar-refractivity contribution in [1.82, 2.24) is 10.6 Å². The smallest absolute Gasteiger partial charge is 0.410 e. The van der Waals surface area contributed by atoms with Crippen LogP contribution in [0, 0.1) is 0 Å². The molecule has 0 aliphatic heterocycles. The molecule has 0 radical (unpaired) electrons. The standard InChI is InChI=1S/C11H21ClN2O4/c1-10(2,3)17-8(15)13-7(12)14-9(16)18-11(4,5)6/h7H,1-6H3,(H,13,15)(H,14,16). The summed E-state index contributed by atoms with van der Waals surface area (Å²) < 4.78 is 9.93. The maximum absolute atomic E-state index is 11.3. The molecule has 18 heavy (non-hydrogen) atoms. The lowest BCUT2D eigenvalue weighted by molar-refractivity contribution is 0.0460. The van der Waals surface area contributed by atoms with Crippen molar-refractivity contribution in [3.8, 4) is 0 Å². The van der Waals surface area contributed by atoms with Gasteiger partial charge in [0, 0.05) is 0 Å². The fourth-order valence-corrected chi connectivity index (χ4v) is 1.04. The van der Waals surface area contributed by atoms with Crippen LogP contribution in [0.4, 0.5) is 9.59 Å². The number of hydrogen-bond donors (Lipinski definition) is 2. The largest absolute Gasteiger partial charge is 0.444 e. The van der Waals surface area contributed by atoms with E-state index in [0.29, 0.717) is 0 Å². The molecule has 0 aromatic rings. The van der Waals surface area contributed by atoms with Crippen LogP contribution in [0.5, 0.6) is 0 Å². The highest BCUT2D eigenvalue weighted by Crippen LogP contribution is 2.08. The molecular formula is C11H21ClN2O4. The van der Waals surface area contributed by atoms with Crippen molar-refractivity contribution >= 4 is 23.8 Å². The summed E-state index contributed by atoms with van der Waals surface area (Å²) in [6, 6.07) is 0. The van der Waals surface area contributed by atoms with Crippen molar-refractivity contribution < 1.29 is 19.1 Å². The zero-order chi connectivity index (χ0) is 14.6. The van der Waals surface area contributed by atoms with Crippen LogP contribution >= 0.6 is 11.6 Å². The van der Waals surface area contributed by atoms with E-state index in [1.807, 2.05) is 0 Å². The zero-order valence-corrected chi connectivity index (χ0v) is 12.3. The Labute approximate surface area is 112 Å². The first-order valence-electron chi connectivity index (χ1n) is 5.52. The van der Waals surface area contributed by atoms with Gasteiger partial charge in [-0.05, 0) is 41.5 Å². The molecule has 0 atom stereocenters. The van der Waals surface area contributed by atoms with Crippen molar-refractivity contribution in [2.75, 3.05) is 0 Å². The molecule has 0 spiro atoms. The molecule has 2 amide bonds.